The molecule has 4 heteroatoms. The second kappa shape index (κ2) is 6.60. The standard InChI is InChI=1S/C18H22N2O2/c1-18(2,3)20-17(22)12-19-16(21)11-14-9-6-8-13-7-4-5-10-15(13)14/h4-10H,11-12H2,1-3H3,(H,19,21)(H,20,22). The lowest BCUT2D eigenvalue weighted by Gasteiger charge is -2.20. The van der Waals surface area contributed by atoms with Gasteiger partial charge < -0.3 is 10.6 Å². The molecule has 22 heavy (non-hydrogen) atoms. The maximum atomic E-state index is 12.0. The molecule has 0 saturated carbocycles. The highest BCUT2D eigenvalue weighted by atomic mass is 16.2. The largest absolute Gasteiger partial charge is 0.350 e. The summed E-state index contributed by atoms with van der Waals surface area (Å²) in [5, 5.41) is 7.66. The molecule has 2 rings (SSSR count). The topological polar surface area (TPSA) is 58.2 Å². The van der Waals surface area contributed by atoms with Crippen LogP contribution in [0.15, 0.2) is 42.5 Å². The fraction of sp³-hybridized carbons (Fsp3) is 0.333. The Labute approximate surface area is 130 Å². The van der Waals surface area contributed by atoms with E-state index in [1.54, 1.807) is 0 Å². The third-order valence-electron chi connectivity index (χ3n) is 3.19. The molecule has 0 radical (unpaired) electrons. The molecule has 0 saturated heterocycles. The summed E-state index contributed by atoms with van der Waals surface area (Å²) < 4.78 is 0. The summed E-state index contributed by atoms with van der Waals surface area (Å²) in [7, 11) is 0. The van der Waals surface area contributed by atoms with Gasteiger partial charge in [0.05, 0.1) is 13.0 Å². The van der Waals surface area contributed by atoms with E-state index in [-0.39, 0.29) is 30.3 Å². The average Bonchev–Trinajstić information content (AvgIpc) is 2.44. The van der Waals surface area contributed by atoms with Crippen molar-refractivity contribution in [2.24, 2.45) is 0 Å². The van der Waals surface area contributed by atoms with Crippen LogP contribution in [0.5, 0.6) is 0 Å². The Bertz CT molecular complexity index is 682. The first-order valence-corrected chi connectivity index (χ1v) is 7.39. The summed E-state index contributed by atoms with van der Waals surface area (Å²) in [6, 6.07) is 13.9. The monoisotopic (exact) mass is 298 g/mol. The Morgan fingerprint density at radius 1 is 0.955 bits per heavy atom. The van der Waals surface area contributed by atoms with Gasteiger partial charge in [0.15, 0.2) is 0 Å². The van der Waals surface area contributed by atoms with E-state index in [2.05, 4.69) is 10.6 Å². The molecule has 0 atom stereocenters. The molecule has 0 heterocycles. The lowest BCUT2D eigenvalue weighted by molar-refractivity contribution is -0.126. The summed E-state index contributed by atoms with van der Waals surface area (Å²) in [6.45, 7) is 5.72. The zero-order valence-corrected chi connectivity index (χ0v) is 13.3. The predicted octanol–water partition coefficient (Wildman–Crippen LogP) is 2.41. The van der Waals surface area contributed by atoms with Crippen LogP contribution in [0.4, 0.5) is 0 Å². The lowest BCUT2D eigenvalue weighted by Crippen LogP contribution is -2.46. The summed E-state index contributed by atoms with van der Waals surface area (Å²) in [5.74, 6) is -0.334. The molecule has 0 bridgehead atoms. The predicted molar refractivity (Wildman–Crippen MR) is 88.6 cm³/mol. The average molecular weight is 298 g/mol. The van der Waals surface area contributed by atoms with E-state index < -0.39 is 0 Å². The van der Waals surface area contributed by atoms with Crippen LogP contribution < -0.4 is 10.6 Å². The van der Waals surface area contributed by atoms with Crippen molar-refractivity contribution in [2.75, 3.05) is 6.54 Å². The number of carbonyl (C=O) groups is 2. The minimum Gasteiger partial charge on any atom is -0.350 e. The van der Waals surface area contributed by atoms with Crippen LogP contribution in [0.1, 0.15) is 26.3 Å². The van der Waals surface area contributed by atoms with Crippen molar-refractivity contribution >= 4 is 22.6 Å². The zero-order chi connectivity index (χ0) is 16.2. The van der Waals surface area contributed by atoms with E-state index in [1.165, 1.54) is 0 Å². The van der Waals surface area contributed by atoms with Crippen LogP contribution in [-0.4, -0.2) is 23.9 Å². The van der Waals surface area contributed by atoms with E-state index >= 15 is 0 Å². The molecule has 116 valence electrons. The summed E-state index contributed by atoms with van der Waals surface area (Å²) in [6.07, 6.45) is 0.268. The van der Waals surface area contributed by atoms with E-state index in [4.69, 9.17) is 0 Å². The molecule has 0 fully saturated rings. The van der Waals surface area contributed by atoms with Crippen LogP contribution in [-0.2, 0) is 16.0 Å². The van der Waals surface area contributed by atoms with Crippen molar-refractivity contribution in [2.45, 2.75) is 32.7 Å². The first kappa shape index (κ1) is 16.0. The Morgan fingerprint density at radius 3 is 2.36 bits per heavy atom. The SMILES string of the molecule is CC(C)(C)NC(=O)CNC(=O)Cc1cccc2ccccc12. The fourth-order valence-electron chi connectivity index (χ4n) is 2.32. The molecule has 0 aliphatic heterocycles. The number of hydrogen-bond acceptors (Lipinski definition) is 2. The van der Waals surface area contributed by atoms with E-state index in [0.29, 0.717) is 0 Å². The Balaban J connectivity index is 1.96. The molecule has 0 aliphatic rings. The van der Waals surface area contributed by atoms with Crippen molar-refractivity contribution in [3.8, 4) is 0 Å². The summed E-state index contributed by atoms with van der Waals surface area (Å²) in [5.41, 5.74) is 0.670. The molecule has 4 nitrogen and oxygen atoms in total. The molecular formula is C18H22N2O2. The van der Waals surface area contributed by atoms with Crippen LogP contribution in [0.3, 0.4) is 0 Å². The Kier molecular flexibility index (Phi) is 4.81. The second-order valence-electron chi connectivity index (χ2n) is 6.39. The van der Waals surface area contributed by atoms with Crippen molar-refractivity contribution in [1.29, 1.82) is 0 Å². The number of benzene rings is 2. The van der Waals surface area contributed by atoms with E-state index in [1.807, 2.05) is 63.2 Å². The first-order chi connectivity index (χ1) is 10.3. The van der Waals surface area contributed by atoms with Gasteiger partial charge in [0, 0.05) is 5.54 Å². The van der Waals surface area contributed by atoms with Crippen molar-refractivity contribution in [3.05, 3.63) is 48.0 Å². The quantitative estimate of drug-likeness (QED) is 0.910. The molecule has 2 aromatic rings. The normalized spacial score (nSPS) is 11.2. The highest BCUT2D eigenvalue weighted by Gasteiger charge is 2.14. The van der Waals surface area contributed by atoms with Gasteiger partial charge in [-0.25, -0.2) is 0 Å². The molecular weight excluding hydrogens is 276 g/mol. The van der Waals surface area contributed by atoms with Crippen molar-refractivity contribution in [1.82, 2.24) is 10.6 Å². The number of hydrogen-bond donors (Lipinski definition) is 2. The fourth-order valence-corrected chi connectivity index (χ4v) is 2.32. The summed E-state index contributed by atoms with van der Waals surface area (Å²) >= 11 is 0. The first-order valence-electron chi connectivity index (χ1n) is 7.39. The number of fused-ring (bicyclic) bond motifs is 1. The molecule has 0 aliphatic carbocycles. The Hall–Kier alpha value is -2.36. The van der Waals surface area contributed by atoms with Crippen molar-refractivity contribution in [3.63, 3.8) is 0 Å². The second-order valence-corrected chi connectivity index (χ2v) is 6.39. The molecule has 2 amide bonds. The van der Waals surface area contributed by atoms with E-state index in [9.17, 15) is 9.59 Å². The van der Waals surface area contributed by atoms with Crippen LogP contribution >= 0.6 is 0 Å². The smallest absolute Gasteiger partial charge is 0.239 e. The van der Waals surface area contributed by atoms with Gasteiger partial charge >= 0.3 is 0 Å². The minimum atomic E-state index is -0.294. The molecule has 0 spiro atoms. The van der Waals surface area contributed by atoms with Crippen LogP contribution in [0, 0.1) is 0 Å². The van der Waals surface area contributed by atoms with Crippen molar-refractivity contribution < 1.29 is 9.59 Å². The highest BCUT2D eigenvalue weighted by molar-refractivity contribution is 5.91. The third-order valence-corrected chi connectivity index (χ3v) is 3.19. The van der Waals surface area contributed by atoms with Gasteiger partial charge in [0.1, 0.15) is 0 Å². The lowest BCUT2D eigenvalue weighted by atomic mass is 10.0. The minimum absolute atomic E-state index is 0.000863. The number of rotatable bonds is 4. The number of carbonyl (C=O) groups excluding carboxylic acids is 2. The third kappa shape index (κ3) is 4.58. The van der Waals surface area contributed by atoms with Gasteiger partial charge in [-0.3, -0.25) is 9.59 Å². The van der Waals surface area contributed by atoms with Gasteiger partial charge in [-0.05, 0) is 37.1 Å². The number of amides is 2. The maximum absolute atomic E-state index is 12.0. The summed E-state index contributed by atoms with van der Waals surface area (Å²) in [4.78, 5) is 23.7. The van der Waals surface area contributed by atoms with Gasteiger partial charge in [0.25, 0.3) is 0 Å². The highest BCUT2D eigenvalue weighted by Crippen LogP contribution is 2.18. The molecule has 0 aromatic heterocycles. The van der Waals surface area contributed by atoms with E-state index in [0.717, 1.165) is 16.3 Å². The van der Waals surface area contributed by atoms with Gasteiger partial charge in [-0.15, -0.1) is 0 Å². The number of nitrogens with one attached hydrogen (secondary N) is 2. The molecule has 2 N–H and O–H groups in total. The van der Waals surface area contributed by atoms with Gasteiger partial charge in [0.2, 0.25) is 11.8 Å². The zero-order valence-electron chi connectivity index (χ0n) is 13.3. The van der Waals surface area contributed by atoms with Crippen LogP contribution in [0.25, 0.3) is 10.8 Å². The molecule has 0 unspecified atom stereocenters. The maximum Gasteiger partial charge on any atom is 0.239 e. The van der Waals surface area contributed by atoms with Gasteiger partial charge in [-0.1, -0.05) is 42.5 Å². The van der Waals surface area contributed by atoms with Crippen LogP contribution in [0.2, 0.25) is 0 Å². The Morgan fingerprint density at radius 2 is 1.64 bits per heavy atom. The van der Waals surface area contributed by atoms with Gasteiger partial charge in [-0.2, -0.15) is 0 Å². The molecule has 2 aromatic carbocycles.